The Hall–Kier alpha value is -4.68. The molecule has 0 heteroatoms. The molecule has 0 nitrogen and oxygen atoms in total. The molecule has 39 heavy (non-hydrogen) atoms. The number of hydrogen-bond donors (Lipinski definition) is 0. The van der Waals surface area contributed by atoms with Crippen LogP contribution in [0.2, 0.25) is 0 Å². The molecule has 0 bridgehead atoms. The van der Waals surface area contributed by atoms with E-state index in [1.54, 1.807) is 0 Å². The fourth-order valence-electron chi connectivity index (χ4n) is 6.98. The van der Waals surface area contributed by atoms with Crippen molar-refractivity contribution in [2.75, 3.05) is 0 Å². The second kappa shape index (κ2) is 9.26. The Balaban J connectivity index is 1.42. The zero-order valence-electron chi connectivity index (χ0n) is 22.2. The lowest BCUT2D eigenvalue weighted by molar-refractivity contribution is 0.794. The zero-order valence-corrected chi connectivity index (χ0v) is 22.2. The van der Waals surface area contributed by atoms with Crippen LogP contribution in [0.5, 0.6) is 0 Å². The van der Waals surface area contributed by atoms with Gasteiger partial charge in [0.05, 0.1) is 5.41 Å². The summed E-state index contributed by atoms with van der Waals surface area (Å²) in [5, 5.41) is 0. The van der Waals surface area contributed by atoms with Gasteiger partial charge in [-0.3, -0.25) is 0 Å². The van der Waals surface area contributed by atoms with Crippen molar-refractivity contribution in [1.82, 2.24) is 0 Å². The Kier molecular flexibility index (Phi) is 5.56. The molecule has 0 amide bonds. The van der Waals surface area contributed by atoms with Crippen molar-refractivity contribution in [3.8, 4) is 22.3 Å². The van der Waals surface area contributed by atoms with Crippen LogP contribution in [0.4, 0.5) is 0 Å². The lowest BCUT2D eigenvalue weighted by atomic mass is 9.70. The SMILES string of the molecule is C=C/C=C1\C(=C/C)c2ccccc2C12c1ccccc1-c1c(Cc3ccc(-c4ccccc4)cc3)cccc12. The average molecular weight is 499 g/mol. The number of benzene rings is 5. The molecule has 5 aromatic carbocycles. The largest absolute Gasteiger partial charge is 0.0991 e. The number of allylic oxidation sites excluding steroid dienone is 5. The van der Waals surface area contributed by atoms with Gasteiger partial charge in [0, 0.05) is 0 Å². The topological polar surface area (TPSA) is 0 Å². The fourth-order valence-corrected chi connectivity index (χ4v) is 6.98. The van der Waals surface area contributed by atoms with E-state index in [9.17, 15) is 0 Å². The molecule has 5 aromatic rings. The van der Waals surface area contributed by atoms with Crippen LogP contribution in [0.1, 0.15) is 40.3 Å². The normalized spacial score (nSPS) is 18.8. The molecule has 2 aliphatic rings. The maximum absolute atomic E-state index is 4.12. The maximum atomic E-state index is 4.12. The molecule has 1 spiro atoms. The van der Waals surface area contributed by atoms with Crippen LogP contribution in [0.3, 0.4) is 0 Å². The predicted molar refractivity (Wildman–Crippen MR) is 165 cm³/mol. The molecule has 0 heterocycles. The number of rotatable bonds is 4. The summed E-state index contributed by atoms with van der Waals surface area (Å²) < 4.78 is 0. The highest BCUT2D eigenvalue weighted by Gasteiger charge is 2.53. The number of hydrogen-bond acceptors (Lipinski definition) is 0. The standard InChI is InChI=1S/C39H30/c1-3-13-34-31(4-2)32-17-8-10-19-35(32)39(34)36-20-11-9-18-33(36)38-30(16-12-21-37(38)39)26-27-22-24-29(25-23-27)28-14-6-5-7-15-28/h3-25H,1,26H2,2H3/b31-4-,34-13+. The van der Waals surface area contributed by atoms with Crippen molar-refractivity contribution in [2.45, 2.75) is 18.8 Å². The van der Waals surface area contributed by atoms with Crippen molar-refractivity contribution >= 4 is 5.57 Å². The molecule has 0 radical (unpaired) electrons. The molecule has 1 atom stereocenters. The first-order chi connectivity index (χ1) is 19.3. The van der Waals surface area contributed by atoms with E-state index in [-0.39, 0.29) is 5.41 Å². The molecule has 7 rings (SSSR count). The molecule has 0 saturated carbocycles. The summed E-state index contributed by atoms with van der Waals surface area (Å²) in [5.74, 6) is 0. The Bertz CT molecular complexity index is 1780. The fraction of sp³-hybridized carbons (Fsp3) is 0.0769. The van der Waals surface area contributed by atoms with Gasteiger partial charge in [0.15, 0.2) is 0 Å². The van der Waals surface area contributed by atoms with Gasteiger partial charge in [0.1, 0.15) is 0 Å². The Morgan fingerprint density at radius 2 is 1.23 bits per heavy atom. The van der Waals surface area contributed by atoms with Gasteiger partial charge in [0.2, 0.25) is 0 Å². The van der Waals surface area contributed by atoms with Gasteiger partial charge in [-0.05, 0) is 80.1 Å². The molecule has 0 aliphatic heterocycles. The third kappa shape index (κ3) is 3.38. The minimum Gasteiger partial charge on any atom is -0.0991 e. The van der Waals surface area contributed by atoms with Gasteiger partial charge in [0.25, 0.3) is 0 Å². The third-order valence-electron chi connectivity index (χ3n) is 8.50. The molecule has 186 valence electrons. The van der Waals surface area contributed by atoms with Crippen molar-refractivity contribution < 1.29 is 0 Å². The van der Waals surface area contributed by atoms with Crippen LogP contribution in [-0.4, -0.2) is 0 Å². The minimum absolute atomic E-state index is 0.342. The van der Waals surface area contributed by atoms with Crippen molar-refractivity contribution in [3.05, 3.63) is 185 Å². The first-order valence-electron chi connectivity index (χ1n) is 13.7. The van der Waals surface area contributed by atoms with E-state index in [1.807, 2.05) is 6.08 Å². The second-order valence-corrected chi connectivity index (χ2v) is 10.4. The van der Waals surface area contributed by atoms with Crippen LogP contribution in [0, 0.1) is 0 Å². The van der Waals surface area contributed by atoms with E-state index in [4.69, 9.17) is 0 Å². The maximum Gasteiger partial charge on any atom is 0.0725 e. The minimum atomic E-state index is -0.342. The van der Waals surface area contributed by atoms with Crippen molar-refractivity contribution in [3.63, 3.8) is 0 Å². The van der Waals surface area contributed by atoms with Crippen LogP contribution in [-0.2, 0) is 11.8 Å². The highest BCUT2D eigenvalue weighted by Crippen LogP contribution is 2.64. The van der Waals surface area contributed by atoms with E-state index in [2.05, 4.69) is 147 Å². The molecule has 2 aliphatic carbocycles. The van der Waals surface area contributed by atoms with E-state index >= 15 is 0 Å². The summed E-state index contributed by atoms with van der Waals surface area (Å²) in [6.45, 7) is 6.27. The summed E-state index contributed by atoms with van der Waals surface area (Å²) in [7, 11) is 0. The van der Waals surface area contributed by atoms with Gasteiger partial charge >= 0.3 is 0 Å². The van der Waals surface area contributed by atoms with Gasteiger partial charge in [-0.25, -0.2) is 0 Å². The third-order valence-corrected chi connectivity index (χ3v) is 8.50. The lowest BCUT2D eigenvalue weighted by Crippen LogP contribution is -2.26. The first kappa shape index (κ1) is 23.4. The Morgan fingerprint density at radius 1 is 0.615 bits per heavy atom. The molecule has 1 unspecified atom stereocenters. The molecule has 0 N–H and O–H groups in total. The van der Waals surface area contributed by atoms with Gasteiger partial charge in [-0.1, -0.05) is 146 Å². The number of fused-ring (bicyclic) bond motifs is 7. The first-order valence-corrected chi connectivity index (χ1v) is 13.7. The second-order valence-electron chi connectivity index (χ2n) is 10.4. The molecular weight excluding hydrogens is 468 g/mol. The van der Waals surface area contributed by atoms with Gasteiger partial charge in [-0.2, -0.15) is 0 Å². The summed E-state index contributed by atoms with van der Waals surface area (Å²) in [5.41, 5.74) is 15.6. The summed E-state index contributed by atoms with van der Waals surface area (Å²) in [6.07, 6.45) is 7.34. The van der Waals surface area contributed by atoms with E-state index < -0.39 is 0 Å². The van der Waals surface area contributed by atoms with E-state index in [0.29, 0.717) is 0 Å². The lowest BCUT2D eigenvalue weighted by Gasteiger charge is -2.31. The molecule has 0 fully saturated rings. The van der Waals surface area contributed by atoms with Crippen molar-refractivity contribution in [2.24, 2.45) is 0 Å². The highest BCUT2D eigenvalue weighted by atomic mass is 14.5. The highest BCUT2D eigenvalue weighted by molar-refractivity contribution is 6.00. The smallest absolute Gasteiger partial charge is 0.0725 e. The van der Waals surface area contributed by atoms with Crippen LogP contribution < -0.4 is 0 Å². The van der Waals surface area contributed by atoms with Crippen LogP contribution >= 0.6 is 0 Å². The van der Waals surface area contributed by atoms with E-state index in [0.717, 1.165) is 6.42 Å². The quantitative estimate of drug-likeness (QED) is 0.231. The molecular formula is C39H30. The summed E-state index contributed by atoms with van der Waals surface area (Å²) in [4.78, 5) is 0. The van der Waals surface area contributed by atoms with Crippen LogP contribution in [0.25, 0.3) is 27.8 Å². The predicted octanol–water partition coefficient (Wildman–Crippen LogP) is 9.79. The Morgan fingerprint density at radius 3 is 1.95 bits per heavy atom. The summed E-state index contributed by atoms with van der Waals surface area (Å²) >= 11 is 0. The monoisotopic (exact) mass is 498 g/mol. The Labute approximate surface area is 231 Å². The zero-order chi connectivity index (χ0) is 26.4. The van der Waals surface area contributed by atoms with Gasteiger partial charge < -0.3 is 0 Å². The summed E-state index contributed by atoms with van der Waals surface area (Å²) in [6, 6.07) is 44.5. The molecule has 0 saturated heterocycles. The van der Waals surface area contributed by atoms with Crippen molar-refractivity contribution in [1.29, 1.82) is 0 Å². The van der Waals surface area contributed by atoms with E-state index in [1.165, 1.54) is 66.8 Å². The average Bonchev–Trinajstić information content (AvgIpc) is 3.45. The van der Waals surface area contributed by atoms with Crippen LogP contribution in [0.15, 0.2) is 152 Å². The molecule has 0 aromatic heterocycles. The van der Waals surface area contributed by atoms with Gasteiger partial charge in [-0.15, -0.1) is 0 Å².